The van der Waals surface area contributed by atoms with E-state index in [4.69, 9.17) is 4.98 Å². The molecule has 6 heteroatoms. The van der Waals surface area contributed by atoms with E-state index in [0.717, 1.165) is 55.0 Å². The maximum atomic E-state index is 13.5. The van der Waals surface area contributed by atoms with Crippen molar-refractivity contribution in [2.45, 2.75) is 49.4 Å². The van der Waals surface area contributed by atoms with Crippen LogP contribution in [0.2, 0.25) is 17.3 Å². The van der Waals surface area contributed by atoms with Crippen molar-refractivity contribution in [1.29, 1.82) is 0 Å². The van der Waals surface area contributed by atoms with Crippen LogP contribution in [-0.4, -0.2) is 23.2 Å². The molecular weight excluding hydrogens is 860 g/mol. The van der Waals surface area contributed by atoms with E-state index in [9.17, 15) is 4.39 Å². The standard InChI is InChI=1S/C23H19FNS.C20H20GeN.Ir/c24-18-6-7-19-20-13-17(5-8-22(20)26-23(19)14-18)21-12-16(9-10-25-21)11-15-3-1-2-4-15;1-21(2,3)19-15-22-20(17-12-8-5-9-13-17)14-18(19)16-10-6-4-7-11-16;/h6-10,12-15H,1-4,11H2;4-12,14-15H,1-3H3;/q2*-1;. The Balaban J connectivity index is 0.000000169. The van der Waals surface area contributed by atoms with Crippen LogP contribution in [0.3, 0.4) is 0 Å². The minimum absolute atomic E-state index is 0. The Morgan fingerprint density at radius 3 is 2.31 bits per heavy atom. The van der Waals surface area contributed by atoms with Gasteiger partial charge in [0, 0.05) is 31.0 Å². The van der Waals surface area contributed by atoms with Crippen molar-refractivity contribution >= 4 is 49.2 Å². The molecule has 1 saturated carbocycles. The van der Waals surface area contributed by atoms with Crippen LogP contribution in [0.15, 0.2) is 116 Å². The minimum atomic E-state index is -1.99. The quantitative estimate of drug-likeness (QED) is 0.123. The third kappa shape index (κ3) is 8.29. The maximum absolute atomic E-state index is 13.5. The van der Waals surface area contributed by atoms with Gasteiger partial charge in [0.05, 0.1) is 0 Å². The normalized spacial score (nSPS) is 13.2. The van der Waals surface area contributed by atoms with Gasteiger partial charge >= 0.3 is 135 Å². The summed E-state index contributed by atoms with van der Waals surface area (Å²) in [5.41, 5.74) is 8.00. The maximum Gasteiger partial charge on any atom is 0 e. The van der Waals surface area contributed by atoms with E-state index in [1.165, 1.54) is 52.8 Å². The van der Waals surface area contributed by atoms with Gasteiger partial charge in [0.25, 0.3) is 0 Å². The van der Waals surface area contributed by atoms with Crippen molar-refractivity contribution in [2.24, 2.45) is 5.92 Å². The summed E-state index contributed by atoms with van der Waals surface area (Å²) in [7, 11) is 0. The summed E-state index contributed by atoms with van der Waals surface area (Å²) < 4.78 is 17.1. The Labute approximate surface area is 309 Å². The predicted octanol–water partition coefficient (Wildman–Crippen LogP) is 11.5. The van der Waals surface area contributed by atoms with Crippen molar-refractivity contribution < 1.29 is 24.5 Å². The van der Waals surface area contributed by atoms with Gasteiger partial charge in [0.2, 0.25) is 0 Å². The molecule has 1 fully saturated rings. The van der Waals surface area contributed by atoms with E-state index in [1.54, 1.807) is 17.4 Å². The first kappa shape index (κ1) is 35.4. The van der Waals surface area contributed by atoms with Crippen molar-refractivity contribution in [3.05, 3.63) is 139 Å². The van der Waals surface area contributed by atoms with E-state index in [0.29, 0.717) is 0 Å². The van der Waals surface area contributed by atoms with Gasteiger partial charge in [-0.2, -0.15) is 11.3 Å². The number of pyridine rings is 2. The molecule has 4 aromatic carbocycles. The summed E-state index contributed by atoms with van der Waals surface area (Å²) in [6.45, 7) is 0. The Kier molecular flexibility index (Phi) is 11.3. The van der Waals surface area contributed by atoms with Gasteiger partial charge in [-0.05, 0) is 46.3 Å². The number of fused-ring (bicyclic) bond motifs is 3. The third-order valence-electron chi connectivity index (χ3n) is 9.25. The minimum Gasteiger partial charge on any atom is 0 e. The smallest absolute Gasteiger partial charge is 0 e. The summed E-state index contributed by atoms with van der Waals surface area (Å²) in [5.74, 6) is 7.88. The zero-order chi connectivity index (χ0) is 33.1. The second-order valence-corrected chi connectivity index (χ2v) is 25.4. The number of rotatable bonds is 6. The monoisotopic (exact) mass is 901 g/mol. The largest absolute Gasteiger partial charge is 0 e. The molecule has 0 amide bonds. The molecule has 0 aliphatic heterocycles. The van der Waals surface area contributed by atoms with Gasteiger partial charge in [-0.1, -0.05) is 48.8 Å². The number of hydrogen-bond donors (Lipinski definition) is 0. The molecule has 0 unspecified atom stereocenters. The first-order chi connectivity index (χ1) is 23.3. The van der Waals surface area contributed by atoms with Crippen LogP contribution in [0.4, 0.5) is 4.39 Å². The molecule has 3 heterocycles. The summed E-state index contributed by atoms with van der Waals surface area (Å²) >= 11 is -0.373. The Morgan fingerprint density at radius 1 is 0.776 bits per heavy atom. The van der Waals surface area contributed by atoms with E-state index in [-0.39, 0.29) is 25.9 Å². The SMILES string of the molecule is Fc1ccc2c(c1)sc1c[c-]c(-c3cc(CC4CCCC4)ccn3)cc12.[CH3][Ge]([CH3])([CH3])[c]1cnc(-c2[c-]cccc2)cc1-c1ccccc1.[Ir]. The molecule has 0 bridgehead atoms. The van der Waals surface area contributed by atoms with Crippen molar-refractivity contribution in [3.8, 4) is 33.6 Å². The summed E-state index contributed by atoms with van der Waals surface area (Å²) in [5, 5.41) is 2.26. The van der Waals surface area contributed by atoms with Gasteiger partial charge < -0.3 is 4.98 Å². The van der Waals surface area contributed by atoms with Gasteiger partial charge in [-0.25, -0.2) is 4.39 Å². The molecule has 0 N–H and O–H groups in total. The molecule has 49 heavy (non-hydrogen) atoms. The second kappa shape index (κ2) is 15.6. The van der Waals surface area contributed by atoms with Crippen molar-refractivity contribution in [1.82, 2.24) is 9.97 Å². The summed E-state index contributed by atoms with van der Waals surface area (Å²) in [6, 6.07) is 41.1. The summed E-state index contributed by atoms with van der Waals surface area (Å²) in [6.07, 6.45) is 10.6. The number of aromatic nitrogens is 2. The molecular formula is C43H39FGeIrN2S-2. The molecule has 0 spiro atoms. The van der Waals surface area contributed by atoms with Gasteiger partial charge in [-0.3, -0.25) is 0 Å². The molecule has 249 valence electrons. The number of hydrogen-bond acceptors (Lipinski definition) is 3. The fourth-order valence-electron chi connectivity index (χ4n) is 6.75. The molecule has 0 atom stereocenters. The third-order valence-corrected chi connectivity index (χ3v) is 14.6. The second-order valence-electron chi connectivity index (χ2n) is 13.8. The Hall–Kier alpha value is -3.48. The topological polar surface area (TPSA) is 25.8 Å². The van der Waals surface area contributed by atoms with Crippen LogP contribution < -0.4 is 4.40 Å². The van der Waals surface area contributed by atoms with Gasteiger partial charge in [0.1, 0.15) is 5.82 Å². The van der Waals surface area contributed by atoms with Crippen LogP contribution >= 0.6 is 11.3 Å². The predicted molar refractivity (Wildman–Crippen MR) is 204 cm³/mol. The Bertz CT molecular complexity index is 2170. The van der Waals surface area contributed by atoms with Crippen LogP contribution in [0.25, 0.3) is 53.8 Å². The Morgan fingerprint density at radius 2 is 1.55 bits per heavy atom. The zero-order valence-electron chi connectivity index (χ0n) is 28.1. The van der Waals surface area contributed by atoms with E-state index in [2.05, 4.69) is 101 Å². The molecule has 7 aromatic rings. The van der Waals surface area contributed by atoms with Crippen LogP contribution in [0, 0.1) is 23.9 Å². The zero-order valence-corrected chi connectivity index (χ0v) is 33.4. The molecule has 1 radical (unpaired) electrons. The first-order valence-corrected chi connectivity index (χ1v) is 25.0. The van der Waals surface area contributed by atoms with E-state index >= 15 is 0 Å². The average molecular weight is 900 g/mol. The van der Waals surface area contributed by atoms with E-state index in [1.807, 2.05) is 36.5 Å². The van der Waals surface area contributed by atoms with Crippen molar-refractivity contribution in [3.63, 3.8) is 0 Å². The fourth-order valence-corrected chi connectivity index (χ4v) is 10.9. The van der Waals surface area contributed by atoms with Gasteiger partial charge in [-0.15, -0.1) is 23.8 Å². The van der Waals surface area contributed by atoms with Gasteiger partial charge in [0.15, 0.2) is 0 Å². The molecule has 3 aromatic heterocycles. The molecule has 0 saturated heterocycles. The average Bonchev–Trinajstić information content (AvgIpc) is 3.75. The number of thiophene rings is 1. The number of nitrogens with zero attached hydrogens (tertiary/aromatic N) is 2. The molecule has 8 rings (SSSR count). The van der Waals surface area contributed by atoms with Crippen LogP contribution in [0.1, 0.15) is 31.2 Å². The van der Waals surface area contributed by atoms with E-state index < -0.39 is 13.3 Å². The molecule has 1 aliphatic carbocycles. The first-order valence-electron chi connectivity index (χ1n) is 16.8. The van der Waals surface area contributed by atoms with Crippen LogP contribution in [0.5, 0.6) is 0 Å². The summed E-state index contributed by atoms with van der Waals surface area (Å²) in [4.78, 5) is 9.30. The van der Waals surface area contributed by atoms with Crippen molar-refractivity contribution in [2.75, 3.05) is 0 Å². The number of benzene rings is 4. The fraction of sp³-hybridized carbons (Fsp3) is 0.209. The molecule has 1 aliphatic rings. The van der Waals surface area contributed by atoms with Crippen LogP contribution in [-0.2, 0) is 26.5 Å². The number of halogens is 1. The molecule has 2 nitrogen and oxygen atoms in total.